The van der Waals surface area contributed by atoms with Gasteiger partial charge in [0, 0.05) is 17.3 Å². The van der Waals surface area contributed by atoms with Crippen LogP contribution >= 0.6 is 0 Å². The van der Waals surface area contributed by atoms with Crippen LogP contribution in [-0.4, -0.2) is 16.7 Å². The van der Waals surface area contributed by atoms with E-state index in [0.29, 0.717) is 30.7 Å². The number of ether oxygens (including phenoxy) is 3. The lowest BCUT2D eigenvalue weighted by Gasteiger charge is -2.20. The summed E-state index contributed by atoms with van der Waals surface area (Å²) >= 11 is 0. The van der Waals surface area contributed by atoms with E-state index in [0.717, 1.165) is 22.3 Å². The van der Waals surface area contributed by atoms with Crippen molar-refractivity contribution < 1.29 is 19.0 Å². The molecule has 0 radical (unpaired) electrons. The third kappa shape index (κ3) is 7.34. The number of hydrogen-bond donors (Lipinski definition) is 1. The maximum atomic E-state index is 12.2. The van der Waals surface area contributed by atoms with Crippen molar-refractivity contribution in [3.63, 3.8) is 0 Å². The lowest BCUT2D eigenvalue weighted by Crippen LogP contribution is -2.27. The van der Waals surface area contributed by atoms with E-state index in [1.165, 1.54) is 0 Å². The molecule has 4 rings (SSSR count). The highest BCUT2D eigenvalue weighted by molar-refractivity contribution is 5.86. The standard InChI is InChI=1S/C30H30N2O4/c1-30(2,3)36-29(33)31-25-16-10-15-24(19-25)26-17-18-27(34-20-22-11-6-4-7-12-22)32-28(26)35-21-23-13-8-5-9-14-23/h4-19H,20-21H2,1-3H3,(H,31,33). The molecule has 1 aromatic heterocycles. The minimum atomic E-state index is -0.584. The van der Waals surface area contributed by atoms with Crippen LogP contribution in [0.5, 0.6) is 11.8 Å². The predicted octanol–water partition coefficient (Wildman–Crippen LogP) is 7.25. The molecule has 36 heavy (non-hydrogen) atoms. The van der Waals surface area contributed by atoms with Crippen LogP contribution in [0.25, 0.3) is 11.1 Å². The second kappa shape index (κ2) is 11.4. The Morgan fingerprint density at radius 2 is 1.42 bits per heavy atom. The highest BCUT2D eigenvalue weighted by atomic mass is 16.6. The van der Waals surface area contributed by atoms with Gasteiger partial charge in [0.1, 0.15) is 18.8 Å². The van der Waals surface area contributed by atoms with Crippen molar-refractivity contribution >= 4 is 11.8 Å². The second-order valence-electron chi connectivity index (χ2n) is 9.26. The van der Waals surface area contributed by atoms with Crippen molar-refractivity contribution in [2.75, 3.05) is 5.32 Å². The molecule has 0 unspecified atom stereocenters. The second-order valence-corrected chi connectivity index (χ2v) is 9.26. The summed E-state index contributed by atoms with van der Waals surface area (Å²) in [7, 11) is 0. The fourth-order valence-corrected chi connectivity index (χ4v) is 3.48. The van der Waals surface area contributed by atoms with Crippen molar-refractivity contribution in [3.8, 4) is 22.9 Å². The van der Waals surface area contributed by atoms with Gasteiger partial charge in [0.05, 0.1) is 0 Å². The summed E-state index contributed by atoms with van der Waals surface area (Å²) in [6, 6.07) is 31.0. The smallest absolute Gasteiger partial charge is 0.412 e. The van der Waals surface area contributed by atoms with E-state index >= 15 is 0 Å². The van der Waals surface area contributed by atoms with Crippen molar-refractivity contribution in [2.45, 2.75) is 39.6 Å². The number of pyridine rings is 1. The van der Waals surface area contributed by atoms with E-state index in [9.17, 15) is 4.79 Å². The zero-order valence-electron chi connectivity index (χ0n) is 20.7. The fourth-order valence-electron chi connectivity index (χ4n) is 3.48. The van der Waals surface area contributed by atoms with Crippen LogP contribution in [0.3, 0.4) is 0 Å². The van der Waals surface area contributed by atoms with Gasteiger partial charge < -0.3 is 14.2 Å². The van der Waals surface area contributed by atoms with E-state index in [1.807, 2.05) is 118 Å². The van der Waals surface area contributed by atoms with E-state index in [2.05, 4.69) is 10.3 Å². The van der Waals surface area contributed by atoms with Gasteiger partial charge in [-0.1, -0.05) is 72.8 Å². The summed E-state index contributed by atoms with van der Waals surface area (Å²) < 4.78 is 17.5. The molecule has 0 spiro atoms. The molecule has 3 aromatic carbocycles. The van der Waals surface area contributed by atoms with E-state index in [-0.39, 0.29) is 0 Å². The predicted molar refractivity (Wildman–Crippen MR) is 141 cm³/mol. The molecule has 0 bridgehead atoms. The molecule has 1 heterocycles. The number of nitrogens with one attached hydrogen (secondary N) is 1. The number of rotatable bonds is 8. The molecular weight excluding hydrogens is 452 g/mol. The molecule has 4 aromatic rings. The maximum absolute atomic E-state index is 12.2. The number of anilines is 1. The van der Waals surface area contributed by atoms with Crippen LogP contribution in [0.2, 0.25) is 0 Å². The molecule has 0 saturated carbocycles. The summed E-state index contributed by atoms with van der Waals surface area (Å²) in [5, 5.41) is 2.79. The lowest BCUT2D eigenvalue weighted by atomic mass is 10.1. The number of carbonyl (C=O) groups excluding carboxylic acids is 1. The highest BCUT2D eigenvalue weighted by Gasteiger charge is 2.17. The molecule has 0 aliphatic carbocycles. The number of carbonyl (C=O) groups is 1. The first-order valence-electron chi connectivity index (χ1n) is 11.8. The van der Waals surface area contributed by atoms with Gasteiger partial charge in [-0.25, -0.2) is 4.79 Å². The van der Waals surface area contributed by atoms with Gasteiger partial charge >= 0.3 is 6.09 Å². The summed E-state index contributed by atoms with van der Waals surface area (Å²) in [5.74, 6) is 0.910. The Kier molecular flexibility index (Phi) is 7.85. The van der Waals surface area contributed by atoms with E-state index in [4.69, 9.17) is 14.2 Å². The summed E-state index contributed by atoms with van der Waals surface area (Å²) in [5.41, 5.74) is 3.73. The molecule has 6 nitrogen and oxygen atoms in total. The largest absolute Gasteiger partial charge is 0.473 e. The highest BCUT2D eigenvalue weighted by Crippen LogP contribution is 2.33. The molecule has 6 heteroatoms. The third-order valence-electron chi connectivity index (χ3n) is 5.10. The Hall–Kier alpha value is -4.32. The number of nitrogens with zero attached hydrogens (tertiary/aromatic N) is 1. The number of hydrogen-bond acceptors (Lipinski definition) is 5. The van der Waals surface area contributed by atoms with Crippen LogP contribution in [0.4, 0.5) is 10.5 Å². The normalized spacial score (nSPS) is 11.0. The molecule has 0 saturated heterocycles. The lowest BCUT2D eigenvalue weighted by molar-refractivity contribution is 0.0636. The summed E-state index contributed by atoms with van der Waals surface area (Å²) in [6.07, 6.45) is -0.511. The number of benzene rings is 3. The molecule has 0 fully saturated rings. The van der Waals surface area contributed by atoms with Gasteiger partial charge in [-0.05, 0) is 55.7 Å². The average molecular weight is 483 g/mol. The number of amides is 1. The summed E-state index contributed by atoms with van der Waals surface area (Å²) in [4.78, 5) is 16.9. The Morgan fingerprint density at radius 3 is 2.06 bits per heavy atom. The zero-order chi connectivity index (χ0) is 25.4. The van der Waals surface area contributed by atoms with Gasteiger partial charge in [-0.2, -0.15) is 4.98 Å². The Balaban J connectivity index is 1.58. The molecule has 0 aliphatic heterocycles. The minimum absolute atomic E-state index is 0.360. The first-order chi connectivity index (χ1) is 17.4. The van der Waals surface area contributed by atoms with Crippen LogP contribution in [0.1, 0.15) is 31.9 Å². The topological polar surface area (TPSA) is 69.7 Å². The number of aromatic nitrogens is 1. The van der Waals surface area contributed by atoms with Crippen LogP contribution in [-0.2, 0) is 18.0 Å². The van der Waals surface area contributed by atoms with Crippen LogP contribution in [0, 0.1) is 0 Å². The molecule has 0 atom stereocenters. The van der Waals surface area contributed by atoms with Gasteiger partial charge in [-0.3, -0.25) is 5.32 Å². The van der Waals surface area contributed by atoms with E-state index in [1.54, 1.807) is 0 Å². The molecule has 1 N–H and O–H groups in total. The molecule has 0 aliphatic rings. The van der Waals surface area contributed by atoms with Crippen LogP contribution in [0.15, 0.2) is 97.1 Å². The maximum Gasteiger partial charge on any atom is 0.412 e. The van der Waals surface area contributed by atoms with Crippen molar-refractivity contribution in [2.24, 2.45) is 0 Å². The first kappa shape index (κ1) is 24.8. The van der Waals surface area contributed by atoms with Gasteiger partial charge in [0.25, 0.3) is 0 Å². The van der Waals surface area contributed by atoms with E-state index < -0.39 is 11.7 Å². The van der Waals surface area contributed by atoms with Crippen LogP contribution < -0.4 is 14.8 Å². The SMILES string of the molecule is CC(C)(C)OC(=O)Nc1cccc(-c2ccc(OCc3ccccc3)nc2OCc2ccccc2)c1. The average Bonchev–Trinajstić information content (AvgIpc) is 2.86. The van der Waals surface area contributed by atoms with Gasteiger partial charge in [0.2, 0.25) is 11.8 Å². The Labute approximate surface area is 211 Å². The first-order valence-corrected chi connectivity index (χ1v) is 11.8. The third-order valence-corrected chi connectivity index (χ3v) is 5.10. The van der Waals surface area contributed by atoms with Gasteiger partial charge in [-0.15, -0.1) is 0 Å². The minimum Gasteiger partial charge on any atom is -0.473 e. The zero-order valence-corrected chi connectivity index (χ0v) is 20.7. The summed E-state index contributed by atoms with van der Waals surface area (Å²) in [6.45, 7) is 6.24. The Morgan fingerprint density at radius 1 is 0.778 bits per heavy atom. The molecular formula is C30H30N2O4. The van der Waals surface area contributed by atoms with Crippen molar-refractivity contribution in [3.05, 3.63) is 108 Å². The van der Waals surface area contributed by atoms with Crippen molar-refractivity contribution in [1.29, 1.82) is 0 Å². The van der Waals surface area contributed by atoms with Crippen molar-refractivity contribution in [1.82, 2.24) is 4.98 Å². The van der Waals surface area contributed by atoms with Gasteiger partial charge in [0.15, 0.2) is 0 Å². The molecule has 184 valence electrons. The monoisotopic (exact) mass is 482 g/mol. The molecule has 1 amide bonds. The fraction of sp³-hybridized carbons (Fsp3) is 0.200. The Bertz CT molecular complexity index is 1290. The quantitative estimate of drug-likeness (QED) is 0.286.